The van der Waals surface area contributed by atoms with Gasteiger partial charge in [0.05, 0.1) is 6.61 Å². The highest BCUT2D eigenvalue weighted by Crippen LogP contribution is 2.47. The Bertz CT molecular complexity index is 1250. The SMILES string of the molecule is CCCCCCC/C=C\CCCCCCCC(=O)OCC(COP(=O)(O)OC1C(O)C(O)C(O)C(O)C1O)OC(=O)CCCCCCCCCCCCC/C=C\CCCCCCCCCC. The summed E-state index contributed by atoms with van der Waals surface area (Å²) in [5, 5.41) is 50.3. The van der Waals surface area contributed by atoms with Crippen LogP contribution >= 0.6 is 7.82 Å². The van der Waals surface area contributed by atoms with Crippen molar-refractivity contribution in [3.8, 4) is 0 Å². The van der Waals surface area contributed by atoms with Crippen LogP contribution in [-0.4, -0.2) is 98.3 Å². The second-order valence-electron chi connectivity index (χ2n) is 18.7. The summed E-state index contributed by atoms with van der Waals surface area (Å²) in [6, 6.07) is 0. The molecule has 0 spiro atoms. The van der Waals surface area contributed by atoms with Crippen molar-refractivity contribution in [2.24, 2.45) is 0 Å². The van der Waals surface area contributed by atoms with Crippen molar-refractivity contribution >= 4 is 19.8 Å². The maximum absolute atomic E-state index is 12.8. The van der Waals surface area contributed by atoms with Crippen molar-refractivity contribution in [1.29, 1.82) is 0 Å². The number of phosphoric ester groups is 1. The molecule has 0 amide bonds. The van der Waals surface area contributed by atoms with Crippen LogP contribution < -0.4 is 0 Å². The molecule has 0 bridgehead atoms. The van der Waals surface area contributed by atoms with E-state index >= 15 is 0 Å². The number of unbranched alkanes of at least 4 members (excludes halogenated alkanes) is 29. The summed E-state index contributed by atoms with van der Waals surface area (Å²) in [4.78, 5) is 35.8. The van der Waals surface area contributed by atoms with Gasteiger partial charge in [-0.1, -0.05) is 186 Å². The highest BCUT2D eigenvalue weighted by Gasteiger charge is 2.51. The van der Waals surface area contributed by atoms with Crippen LogP contribution in [0.15, 0.2) is 24.3 Å². The van der Waals surface area contributed by atoms with Gasteiger partial charge < -0.3 is 39.9 Å². The second-order valence-corrected chi connectivity index (χ2v) is 20.1. The van der Waals surface area contributed by atoms with Crippen LogP contribution in [0.3, 0.4) is 0 Å². The first-order chi connectivity index (χ1) is 31.9. The number of carbonyl (C=O) groups is 2. The van der Waals surface area contributed by atoms with E-state index in [1.807, 2.05) is 0 Å². The average molecular weight is 961 g/mol. The van der Waals surface area contributed by atoms with Gasteiger partial charge in [0.15, 0.2) is 6.10 Å². The van der Waals surface area contributed by atoms with Gasteiger partial charge in [-0.25, -0.2) is 4.57 Å². The number of rotatable bonds is 45. The number of hydrogen-bond donors (Lipinski definition) is 6. The fraction of sp³-hybridized carbons (Fsp3) is 0.885. The van der Waals surface area contributed by atoms with E-state index in [2.05, 4.69) is 38.2 Å². The fourth-order valence-electron chi connectivity index (χ4n) is 8.22. The van der Waals surface area contributed by atoms with E-state index in [0.29, 0.717) is 12.8 Å². The van der Waals surface area contributed by atoms with Gasteiger partial charge in [-0.2, -0.15) is 0 Å². The van der Waals surface area contributed by atoms with Crippen molar-refractivity contribution in [2.75, 3.05) is 13.2 Å². The van der Waals surface area contributed by atoms with Crippen LogP contribution in [0.4, 0.5) is 0 Å². The average Bonchev–Trinajstić information content (AvgIpc) is 3.30. The molecule has 0 aromatic rings. The molecule has 6 N–H and O–H groups in total. The first-order valence-electron chi connectivity index (χ1n) is 26.6. The highest BCUT2D eigenvalue weighted by molar-refractivity contribution is 7.47. The monoisotopic (exact) mass is 961 g/mol. The molecule has 1 aliphatic carbocycles. The largest absolute Gasteiger partial charge is 0.472 e. The van der Waals surface area contributed by atoms with E-state index in [1.165, 1.54) is 135 Å². The predicted molar refractivity (Wildman–Crippen MR) is 263 cm³/mol. The zero-order valence-corrected chi connectivity index (χ0v) is 42.4. The first kappa shape index (κ1) is 62.3. The van der Waals surface area contributed by atoms with Crippen molar-refractivity contribution in [2.45, 2.75) is 281 Å². The van der Waals surface area contributed by atoms with E-state index < -0.39 is 75.7 Å². The minimum Gasteiger partial charge on any atom is -0.462 e. The summed E-state index contributed by atoms with van der Waals surface area (Å²) in [6.07, 6.45) is 35.1. The Morgan fingerprint density at radius 2 is 0.773 bits per heavy atom. The van der Waals surface area contributed by atoms with E-state index in [9.17, 15) is 44.6 Å². The lowest BCUT2D eigenvalue weighted by Crippen LogP contribution is -2.64. The minimum atomic E-state index is -5.12. The molecule has 0 aromatic heterocycles. The molecule has 1 saturated carbocycles. The Balaban J connectivity index is 2.35. The molecule has 388 valence electrons. The van der Waals surface area contributed by atoms with Gasteiger partial charge in [0.25, 0.3) is 0 Å². The Morgan fingerprint density at radius 1 is 0.455 bits per heavy atom. The van der Waals surface area contributed by atoms with Gasteiger partial charge in [-0.15, -0.1) is 0 Å². The van der Waals surface area contributed by atoms with Crippen molar-refractivity contribution in [1.82, 2.24) is 0 Å². The first-order valence-corrected chi connectivity index (χ1v) is 28.1. The van der Waals surface area contributed by atoms with Gasteiger partial charge in [-0.3, -0.25) is 18.6 Å². The molecule has 1 fully saturated rings. The summed E-state index contributed by atoms with van der Waals surface area (Å²) in [7, 11) is -5.12. The van der Waals surface area contributed by atoms with E-state index in [-0.39, 0.29) is 12.8 Å². The lowest BCUT2D eigenvalue weighted by atomic mass is 9.85. The number of hydrogen-bond acceptors (Lipinski definition) is 12. The molecule has 0 radical (unpaired) electrons. The van der Waals surface area contributed by atoms with Gasteiger partial charge in [0, 0.05) is 12.8 Å². The third-order valence-corrected chi connectivity index (χ3v) is 13.5. The van der Waals surface area contributed by atoms with Crippen LogP contribution in [0.1, 0.15) is 239 Å². The number of ether oxygens (including phenoxy) is 2. The molecule has 0 saturated heterocycles. The molecule has 13 nitrogen and oxygen atoms in total. The zero-order valence-electron chi connectivity index (χ0n) is 41.5. The number of aliphatic hydroxyl groups is 5. The van der Waals surface area contributed by atoms with Crippen LogP contribution in [0.2, 0.25) is 0 Å². The zero-order chi connectivity index (χ0) is 48.5. The van der Waals surface area contributed by atoms with Crippen LogP contribution in [0, 0.1) is 0 Å². The molecule has 0 aliphatic heterocycles. The molecular formula is C52H97O13P. The summed E-state index contributed by atoms with van der Waals surface area (Å²) < 4.78 is 33.6. The number of carbonyl (C=O) groups excluding carboxylic acids is 2. The maximum Gasteiger partial charge on any atom is 0.472 e. The molecular weight excluding hydrogens is 864 g/mol. The molecule has 1 aliphatic rings. The van der Waals surface area contributed by atoms with E-state index in [4.69, 9.17) is 18.5 Å². The van der Waals surface area contributed by atoms with Crippen molar-refractivity contribution in [3.05, 3.63) is 24.3 Å². The summed E-state index contributed by atoms with van der Waals surface area (Å²) >= 11 is 0. The normalized spacial score (nSPS) is 21.4. The lowest BCUT2D eigenvalue weighted by Gasteiger charge is -2.41. The summed E-state index contributed by atoms with van der Waals surface area (Å²) in [5.74, 6) is -1.10. The van der Waals surface area contributed by atoms with Gasteiger partial charge >= 0.3 is 19.8 Å². The molecule has 14 heteroatoms. The molecule has 6 unspecified atom stereocenters. The molecule has 1 rings (SSSR count). The topological polar surface area (TPSA) is 210 Å². The summed E-state index contributed by atoms with van der Waals surface area (Å²) in [5.41, 5.74) is 0. The predicted octanol–water partition coefficient (Wildman–Crippen LogP) is 11.6. The molecule has 0 heterocycles. The Morgan fingerprint density at radius 3 is 1.15 bits per heavy atom. The van der Waals surface area contributed by atoms with Crippen molar-refractivity contribution < 1.29 is 63.1 Å². The number of aliphatic hydroxyl groups excluding tert-OH is 5. The minimum absolute atomic E-state index is 0.0967. The highest BCUT2D eigenvalue weighted by atomic mass is 31.2. The number of esters is 2. The van der Waals surface area contributed by atoms with Crippen molar-refractivity contribution in [3.63, 3.8) is 0 Å². The smallest absolute Gasteiger partial charge is 0.462 e. The van der Waals surface area contributed by atoms with Gasteiger partial charge in [0.2, 0.25) is 0 Å². The molecule has 66 heavy (non-hydrogen) atoms. The quantitative estimate of drug-likeness (QED) is 0.0145. The second kappa shape index (κ2) is 42.2. The number of allylic oxidation sites excluding steroid dienone is 4. The van der Waals surface area contributed by atoms with E-state index in [1.54, 1.807) is 0 Å². The molecule has 6 atom stereocenters. The fourth-order valence-corrected chi connectivity index (χ4v) is 9.19. The Labute approximate surface area is 400 Å². The molecule has 0 aromatic carbocycles. The van der Waals surface area contributed by atoms with Crippen LogP contribution in [-0.2, 0) is 32.7 Å². The third-order valence-electron chi connectivity index (χ3n) is 12.5. The third kappa shape index (κ3) is 33.8. The van der Waals surface area contributed by atoms with Gasteiger partial charge in [0.1, 0.15) is 43.2 Å². The van der Waals surface area contributed by atoms with Gasteiger partial charge in [-0.05, 0) is 64.2 Å². The summed E-state index contributed by atoms with van der Waals surface area (Å²) in [6.45, 7) is 3.31. The Kier molecular flexibility index (Phi) is 39.9. The Hall–Kier alpha value is -1.67. The standard InChI is InChI=1S/C52H97O13P/c1-3-5-7-9-11-13-15-17-19-20-21-22-23-24-25-26-27-29-31-33-35-37-39-41-46(54)64-44(43-63-66(60,61)65-52-50(58)48(56)47(55)49(57)51(52)59)42-62-45(53)40-38-36-34-32-30-28-18-16-14-12-10-8-6-4-2/h16,18,20-21,44,47-52,55-59H,3-15,17,19,22-43H2,1-2H3,(H,60,61)/b18-16-,21-20-. The number of phosphoric acid groups is 1. The van der Waals surface area contributed by atoms with E-state index in [0.717, 1.165) is 64.2 Å². The lowest BCUT2D eigenvalue weighted by molar-refractivity contribution is -0.220. The maximum atomic E-state index is 12.8. The van der Waals surface area contributed by atoms with Crippen LogP contribution in [0.5, 0.6) is 0 Å². The van der Waals surface area contributed by atoms with Crippen LogP contribution in [0.25, 0.3) is 0 Å².